The summed E-state index contributed by atoms with van der Waals surface area (Å²) in [5.74, 6) is -1.30. The fraction of sp³-hybridized carbons (Fsp3) is 0.417. The first-order valence-electron chi connectivity index (χ1n) is 5.49. The third-order valence-electron chi connectivity index (χ3n) is 2.53. The zero-order valence-electron chi connectivity index (χ0n) is 10.3. The second kappa shape index (κ2) is 5.69. The second-order valence-electron chi connectivity index (χ2n) is 4.40. The Bertz CT molecular complexity index is 475. The third kappa shape index (κ3) is 4.02. The van der Waals surface area contributed by atoms with Crippen LogP contribution in [0, 0.1) is 5.92 Å². The first-order valence-corrected chi connectivity index (χ1v) is 5.87. The van der Waals surface area contributed by atoms with Crippen molar-refractivity contribution in [3.05, 3.63) is 28.8 Å². The molecule has 0 heterocycles. The van der Waals surface area contributed by atoms with Gasteiger partial charge in [0.25, 0.3) is 0 Å². The van der Waals surface area contributed by atoms with Crippen LogP contribution in [0.25, 0.3) is 0 Å². The average molecular weight is 296 g/mol. The molecular formula is C12H13ClF3NO2. The van der Waals surface area contributed by atoms with Crippen LogP contribution in [0.4, 0.5) is 18.9 Å². The number of alkyl halides is 3. The maximum absolute atomic E-state index is 12.5. The van der Waals surface area contributed by atoms with Gasteiger partial charge in [-0.15, -0.1) is 0 Å². The van der Waals surface area contributed by atoms with Gasteiger partial charge in [-0.25, -0.2) is 4.79 Å². The molecule has 0 amide bonds. The Labute approximate surface area is 113 Å². The summed E-state index contributed by atoms with van der Waals surface area (Å²) >= 11 is 5.55. The molecule has 0 aromatic heterocycles. The molecule has 0 aliphatic carbocycles. The van der Waals surface area contributed by atoms with Crippen LogP contribution in [-0.4, -0.2) is 17.1 Å². The topological polar surface area (TPSA) is 49.3 Å². The first kappa shape index (κ1) is 15.6. The quantitative estimate of drug-likeness (QED) is 0.886. The lowest BCUT2D eigenvalue weighted by molar-refractivity contribution is -0.139. The van der Waals surface area contributed by atoms with E-state index < -0.39 is 28.8 Å². The highest BCUT2D eigenvalue weighted by Crippen LogP contribution is 2.36. The number of carbonyl (C=O) groups is 1. The predicted octanol–water partition coefficient (Wildman–Crippen LogP) is 3.88. The van der Waals surface area contributed by atoms with Crippen LogP contribution >= 0.6 is 11.6 Å². The van der Waals surface area contributed by atoms with Crippen molar-refractivity contribution in [1.29, 1.82) is 0 Å². The van der Waals surface area contributed by atoms with Gasteiger partial charge < -0.3 is 10.4 Å². The van der Waals surface area contributed by atoms with Gasteiger partial charge in [0.1, 0.15) is 6.04 Å². The van der Waals surface area contributed by atoms with Gasteiger partial charge in [-0.2, -0.15) is 13.2 Å². The molecule has 2 N–H and O–H groups in total. The number of nitrogens with one attached hydrogen (secondary N) is 1. The van der Waals surface area contributed by atoms with Crippen molar-refractivity contribution < 1.29 is 23.1 Å². The van der Waals surface area contributed by atoms with Gasteiger partial charge >= 0.3 is 12.1 Å². The Kier molecular flexibility index (Phi) is 4.68. The smallest absolute Gasteiger partial charge is 0.417 e. The van der Waals surface area contributed by atoms with E-state index >= 15 is 0 Å². The van der Waals surface area contributed by atoms with Gasteiger partial charge in [0, 0.05) is 5.69 Å². The van der Waals surface area contributed by atoms with Crippen LogP contribution < -0.4 is 5.32 Å². The van der Waals surface area contributed by atoms with E-state index in [1.807, 2.05) is 0 Å². The van der Waals surface area contributed by atoms with E-state index in [4.69, 9.17) is 16.7 Å². The molecule has 0 radical (unpaired) electrons. The summed E-state index contributed by atoms with van der Waals surface area (Å²) in [5.41, 5.74) is -0.713. The van der Waals surface area contributed by atoms with Crippen molar-refractivity contribution in [2.45, 2.75) is 26.1 Å². The highest BCUT2D eigenvalue weighted by atomic mass is 35.5. The number of carboxylic acid groups (broad SMARTS) is 1. The minimum atomic E-state index is -4.53. The molecule has 0 bridgehead atoms. The maximum atomic E-state index is 12.5. The molecule has 0 saturated heterocycles. The SMILES string of the molecule is CC(C)C(Nc1ccc(C(F)(F)F)c(Cl)c1)C(=O)O. The van der Waals surface area contributed by atoms with Gasteiger partial charge in [-0.05, 0) is 24.1 Å². The lowest BCUT2D eigenvalue weighted by atomic mass is 10.0. The number of benzene rings is 1. The minimum Gasteiger partial charge on any atom is -0.480 e. The summed E-state index contributed by atoms with van der Waals surface area (Å²) < 4.78 is 37.5. The molecule has 0 spiro atoms. The maximum Gasteiger partial charge on any atom is 0.417 e. The van der Waals surface area contributed by atoms with Crippen LogP contribution in [0.15, 0.2) is 18.2 Å². The molecule has 19 heavy (non-hydrogen) atoms. The van der Waals surface area contributed by atoms with Crippen LogP contribution in [0.2, 0.25) is 5.02 Å². The second-order valence-corrected chi connectivity index (χ2v) is 4.80. The zero-order chi connectivity index (χ0) is 14.8. The summed E-state index contributed by atoms with van der Waals surface area (Å²) in [7, 11) is 0. The summed E-state index contributed by atoms with van der Waals surface area (Å²) in [6, 6.07) is 2.16. The number of aliphatic carboxylic acids is 1. The van der Waals surface area contributed by atoms with Crippen molar-refractivity contribution in [2.24, 2.45) is 5.92 Å². The normalized spacial score (nSPS) is 13.4. The molecule has 1 aromatic rings. The van der Waals surface area contributed by atoms with Crippen molar-refractivity contribution >= 4 is 23.3 Å². The number of halogens is 4. The molecule has 1 unspecified atom stereocenters. The Balaban J connectivity index is 2.99. The van der Waals surface area contributed by atoms with Gasteiger partial charge in [0.05, 0.1) is 10.6 Å². The molecule has 0 saturated carbocycles. The number of anilines is 1. The molecule has 7 heteroatoms. The molecule has 0 aliphatic rings. The lowest BCUT2D eigenvalue weighted by Crippen LogP contribution is -2.34. The van der Waals surface area contributed by atoms with E-state index in [1.165, 1.54) is 0 Å². The highest BCUT2D eigenvalue weighted by molar-refractivity contribution is 6.31. The monoisotopic (exact) mass is 295 g/mol. The number of carboxylic acids is 1. The summed E-state index contributed by atoms with van der Waals surface area (Å²) in [5, 5.41) is 11.2. The molecule has 1 aromatic carbocycles. The van der Waals surface area contributed by atoms with Crippen molar-refractivity contribution in [1.82, 2.24) is 0 Å². The molecular weight excluding hydrogens is 283 g/mol. The van der Waals surface area contributed by atoms with Gasteiger partial charge in [-0.3, -0.25) is 0 Å². The van der Waals surface area contributed by atoms with Crippen molar-refractivity contribution in [3.8, 4) is 0 Å². The van der Waals surface area contributed by atoms with E-state index in [0.717, 1.165) is 18.2 Å². The largest absolute Gasteiger partial charge is 0.480 e. The molecule has 3 nitrogen and oxygen atoms in total. The van der Waals surface area contributed by atoms with Crippen LogP contribution in [0.5, 0.6) is 0 Å². The first-order chi connectivity index (χ1) is 8.62. The van der Waals surface area contributed by atoms with E-state index in [-0.39, 0.29) is 11.6 Å². The van der Waals surface area contributed by atoms with Crippen molar-refractivity contribution in [2.75, 3.05) is 5.32 Å². The average Bonchev–Trinajstić information content (AvgIpc) is 2.23. The van der Waals surface area contributed by atoms with Crippen LogP contribution in [0.1, 0.15) is 19.4 Å². The fourth-order valence-corrected chi connectivity index (χ4v) is 1.82. The minimum absolute atomic E-state index is 0.224. The predicted molar refractivity (Wildman–Crippen MR) is 66.3 cm³/mol. The molecule has 1 rings (SSSR count). The van der Waals surface area contributed by atoms with E-state index in [9.17, 15) is 18.0 Å². The standard InChI is InChI=1S/C12H13ClF3NO2/c1-6(2)10(11(18)19)17-7-3-4-8(9(13)5-7)12(14,15)16/h3-6,10,17H,1-2H3,(H,18,19). The Morgan fingerprint density at radius 2 is 1.95 bits per heavy atom. The highest BCUT2D eigenvalue weighted by Gasteiger charge is 2.33. The van der Waals surface area contributed by atoms with Crippen molar-refractivity contribution in [3.63, 3.8) is 0 Å². The summed E-state index contributed by atoms with van der Waals surface area (Å²) in [6.45, 7) is 3.38. The Hall–Kier alpha value is -1.43. The van der Waals surface area contributed by atoms with Gasteiger partial charge in [0.15, 0.2) is 0 Å². The Morgan fingerprint density at radius 1 is 1.37 bits per heavy atom. The third-order valence-corrected chi connectivity index (χ3v) is 2.84. The van der Waals surface area contributed by atoms with Crippen LogP contribution in [-0.2, 0) is 11.0 Å². The van der Waals surface area contributed by atoms with Crippen LogP contribution in [0.3, 0.4) is 0 Å². The van der Waals surface area contributed by atoms with Gasteiger partial charge in [0.2, 0.25) is 0 Å². The molecule has 106 valence electrons. The summed E-state index contributed by atoms with van der Waals surface area (Å²) in [6.07, 6.45) is -4.53. The zero-order valence-corrected chi connectivity index (χ0v) is 11.0. The number of rotatable bonds is 4. The van der Waals surface area contributed by atoms with E-state index in [1.54, 1.807) is 13.8 Å². The number of hydrogen-bond donors (Lipinski definition) is 2. The lowest BCUT2D eigenvalue weighted by Gasteiger charge is -2.20. The summed E-state index contributed by atoms with van der Waals surface area (Å²) in [4.78, 5) is 11.0. The van der Waals surface area contributed by atoms with Gasteiger partial charge in [-0.1, -0.05) is 25.4 Å². The molecule has 0 fully saturated rings. The molecule has 1 atom stereocenters. The van der Waals surface area contributed by atoms with E-state index in [2.05, 4.69) is 5.32 Å². The molecule has 0 aliphatic heterocycles. The Morgan fingerprint density at radius 3 is 2.32 bits per heavy atom. The number of hydrogen-bond acceptors (Lipinski definition) is 2. The van der Waals surface area contributed by atoms with E-state index in [0.29, 0.717) is 0 Å². The fourth-order valence-electron chi connectivity index (χ4n) is 1.53.